The van der Waals surface area contributed by atoms with Gasteiger partial charge in [-0.1, -0.05) is 11.8 Å². The summed E-state index contributed by atoms with van der Waals surface area (Å²) in [6.07, 6.45) is 0. The molecule has 0 saturated heterocycles. The highest BCUT2D eigenvalue weighted by molar-refractivity contribution is 5.52. The van der Waals surface area contributed by atoms with Crippen molar-refractivity contribution in [1.29, 1.82) is 0 Å². The molecule has 1 heterocycles. The lowest BCUT2D eigenvalue weighted by molar-refractivity contribution is 0.412. The van der Waals surface area contributed by atoms with Crippen LogP contribution in [0.25, 0.3) is 5.69 Å². The second kappa shape index (κ2) is 5.29. The van der Waals surface area contributed by atoms with Gasteiger partial charge in [-0.25, -0.2) is 24.4 Å². The van der Waals surface area contributed by atoms with Crippen molar-refractivity contribution in [2.75, 3.05) is 13.7 Å². The third-order valence-electron chi connectivity index (χ3n) is 2.44. The first-order valence-electron chi connectivity index (χ1n) is 5.44. The minimum absolute atomic E-state index is 0.228. The van der Waals surface area contributed by atoms with Crippen LogP contribution in [0, 0.1) is 11.8 Å². The predicted octanol–water partition coefficient (Wildman–Crippen LogP) is -0.827. The van der Waals surface area contributed by atoms with E-state index in [0.29, 0.717) is 17.0 Å². The number of aromatic nitrogens is 3. The number of nitrogens with one attached hydrogen (secondary N) is 2. The summed E-state index contributed by atoms with van der Waals surface area (Å²) >= 11 is 0. The molecule has 0 radical (unpaired) electrons. The number of hydrogen-bond donors (Lipinski definition) is 3. The Morgan fingerprint density at radius 1 is 1.32 bits per heavy atom. The standard InChI is InChI=1S/C12H12N4O3/c1-19-10-5-4-8(3-2-6-13)7-9(10)16-11(17)14-15-12(16)18/h4-5,7H,6,13H2,1H3,(H,14,17)(H,15,18). The average Bonchev–Trinajstić information content (AvgIpc) is 2.75. The Morgan fingerprint density at radius 3 is 2.58 bits per heavy atom. The van der Waals surface area contributed by atoms with Gasteiger partial charge in [-0.05, 0) is 18.2 Å². The largest absolute Gasteiger partial charge is 0.495 e. The van der Waals surface area contributed by atoms with E-state index < -0.39 is 11.4 Å². The van der Waals surface area contributed by atoms with Gasteiger partial charge in [0, 0.05) is 5.56 Å². The maximum atomic E-state index is 11.6. The van der Waals surface area contributed by atoms with Crippen molar-refractivity contribution in [2.45, 2.75) is 0 Å². The highest BCUT2D eigenvalue weighted by atomic mass is 16.5. The smallest absolute Gasteiger partial charge is 0.349 e. The van der Waals surface area contributed by atoms with E-state index in [2.05, 4.69) is 22.0 Å². The molecule has 0 aliphatic heterocycles. The molecule has 1 aromatic heterocycles. The number of hydrogen-bond acceptors (Lipinski definition) is 4. The number of nitrogens with zero attached hydrogens (tertiary/aromatic N) is 1. The zero-order valence-electron chi connectivity index (χ0n) is 10.2. The van der Waals surface area contributed by atoms with Crippen LogP contribution >= 0.6 is 0 Å². The van der Waals surface area contributed by atoms with Crippen LogP contribution < -0.4 is 21.9 Å². The molecule has 0 amide bonds. The van der Waals surface area contributed by atoms with Gasteiger partial charge in [0.2, 0.25) is 0 Å². The van der Waals surface area contributed by atoms with Crippen LogP contribution in [0.3, 0.4) is 0 Å². The first-order chi connectivity index (χ1) is 9.17. The molecule has 0 fully saturated rings. The SMILES string of the molecule is COc1ccc(C#CCN)cc1-n1c(=O)[nH][nH]c1=O. The first-order valence-corrected chi connectivity index (χ1v) is 5.44. The summed E-state index contributed by atoms with van der Waals surface area (Å²) in [6.45, 7) is 0.228. The molecule has 98 valence electrons. The van der Waals surface area contributed by atoms with E-state index in [9.17, 15) is 9.59 Å². The van der Waals surface area contributed by atoms with Gasteiger partial charge in [-0.2, -0.15) is 0 Å². The molecule has 19 heavy (non-hydrogen) atoms. The predicted molar refractivity (Wildman–Crippen MR) is 69.5 cm³/mol. The van der Waals surface area contributed by atoms with E-state index >= 15 is 0 Å². The maximum absolute atomic E-state index is 11.6. The zero-order valence-corrected chi connectivity index (χ0v) is 10.2. The fraction of sp³-hybridized carbons (Fsp3) is 0.167. The van der Waals surface area contributed by atoms with Gasteiger partial charge < -0.3 is 10.5 Å². The van der Waals surface area contributed by atoms with Crippen molar-refractivity contribution in [3.8, 4) is 23.3 Å². The van der Waals surface area contributed by atoms with Crippen LogP contribution in [0.4, 0.5) is 0 Å². The number of methoxy groups -OCH3 is 1. The minimum atomic E-state index is -0.577. The second-order valence-electron chi connectivity index (χ2n) is 3.59. The van der Waals surface area contributed by atoms with Gasteiger partial charge in [0.15, 0.2) is 0 Å². The van der Waals surface area contributed by atoms with Gasteiger partial charge in [-0.3, -0.25) is 0 Å². The molecule has 7 heteroatoms. The first kappa shape index (κ1) is 12.7. The van der Waals surface area contributed by atoms with Crippen molar-refractivity contribution in [2.24, 2.45) is 5.73 Å². The number of H-pyrrole nitrogens is 2. The number of nitrogens with two attached hydrogens (primary N) is 1. The molecule has 0 atom stereocenters. The Labute approximate surface area is 108 Å². The second-order valence-corrected chi connectivity index (χ2v) is 3.59. The summed E-state index contributed by atoms with van der Waals surface area (Å²) in [4.78, 5) is 23.2. The van der Waals surface area contributed by atoms with Crippen LogP contribution in [0.2, 0.25) is 0 Å². The van der Waals surface area contributed by atoms with Crippen LogP contribution in [0.15, 0.2) is 27.8 Å². The number of aromatic amines is 2. The maximum Gasteiger partial charge on any atom is 0.349 e. The molecular formula is C12H12N4O3. The van der Waals surface area contributed by atoms with Crippen molar-refractivity contribution in [3.63, 3.8) is 0 Å². The van der Waals surface area contributed by atoms with Crippen LogP contribution in [0.5, 0.6) is 5.75 Å². The molecule has 4 N–H and O–H groups in total. The van der Waals surface area contributed by atoms with Crippen LogP contribution in [-0.2, 0) is 0 Å². The molecule has 0 spiro atoms. The topological polar surface area (TPSA) is 106 Å². The third kappa shape index (κ3) is 2.43. The summed E-state index contributed by atoms with van der Waals surface area (Å²) in [5.74, 6) is 5.92. The minimum Gasteiger partial charge on any atom is -0.495 e. The fourth-order valence-electron chi connectivity index (χ4n) is 1.63. The van der Waals surface area contributed by atoms with Gasteiger partial charge in [-0.15, -0.1) is 0 Å². The fourth-order valence-corrected chi connectivity index (χ4v) is 1.63. The molecule has 0 unspecified atom stereocenters. The molecule has 1 aromatic carbocycles. The Morgan fingerprint density at radius 2 is 2.00 bits per heavy atom. The van der Waals surface area contributed by atoms with Crippen molar-refractivity contribution in [1.82, 2.24) is 14.8 Å². The Kier molecular flexibility index (Phi) is 3.54. The highest BCUT2D eigenvalue weighted by Gasteiger charge is 2.12. The average molecular weight is 260 g/mol. The van der Waals surface area contributed by atoms with E-state index in [-0.39, 0.29) is 6.54 Å². The Balaban J connectivity index is 2.67. The van der Waals surface area contributed by atoms with E-state index in [1.165, 1.54) is 7.11 Å². The van der Waals surface area contributed by atoms with Crippen LogP contribution in [-0.4, -0.2) is 28.4 Å². The molecule has 2 aromatic rings. The van der Waals surface area contributed by atoms with Gasteiger partial charge in [0.05, 0.1) is 19.3 Å². The Bertz CT molecular complexity index is 730. The number of benzene rings is 1. The molecule has 0 saturated carbocycles. The molecule has 2 rings (SSSR count). The lowest BCUT2D eigenvalue weighted by atomic mass is 10.2. The normalized spacial score (nSPS) is 9.79. The van der Waals surface area contributed by atoms with Gasteiger partial charge in [0.25, 0.3) is 0 Å². The van der Waals surface area contributed by atoms with Crippen LogP contribution in [0.1, 0.15) is 5.56 Å². The molecular weight excluding hydrogens is 248 g/mol. The lowest BCUT2D eigenvalue weighted by Crippen LogP contribution is -2.25. The summed E-state index contributed by atoms with van der Waals surface area (Å²) in [5, 5.41) is 4.42. The number of ether oxygens (including phenoxy) is 1. The van der Waals surface area contributed by atoms with Gasteiger partial charge >= 0.3 is 11.4 Å². The lowest BCUT2D eigenvalue weighted by Gasteiger charge is -2.07. The highest BCUT2D eigenvalue weighted by Crippen LogP contribution is 2.21. The zero-order chi connectivity index (χ0) is 13.8. The van der Waals surface area contributed by atoms with E-state index in [4.69, 9.17) is 10.5 Å². The van der Waals surface area contributed by atoms with E-state index in [1.807, 2.05) is 0 Å². The van der Waals surface area contributed by atoms with Crippen molar-refractivity contribution in [3.05, 3.63) is 44.7 Å². The quantitative estimate of drug-likeness (QED) is 0.613. The Hall–Kier alpha value is -2.72. The number of rotatable bonds is 2. The van der Waals surface area contributed by atoms with Crippen molar-refractivity contribution < 1.29 is 4.74 Å². The molecule has 0 aliphatic carbocycles. The van der Waals surface area contributed by atoms with E-state index in [1.54, 1.807) is 18.2 Å². The third-order valence-corrected chi connectivity index (χ3v) is 2.44. The molecule has 7 nitrogen and oxygen atoms in total. The summed E-state index contributed by atoms with van der Waals surface area (Å²) in [7, 11) is 1.45. The van der Waals surface area contributed by atoms with Crippen molar-refractivity contribution >= 4 is 0 Å². The summed E-state index contributed by atoms with van der Waals surface area (Å²) in [6, 6.07) is 4.94. The summed E-state index contributed by atoms with van der Waals surface area (Å²) in [5.41, 5.74) is 5.10. The summed E-state index contributed by atoms with van der Waals surface area (Å²) < 4.78 is 6.08. The monoisotopic (exact) mass is 260 g/mol. The molecule has 0 bridgehead atoms. The van der Waals surface area contributed by atoms with Gasteiger partial charge in [0.1, 0.15) is 5.75 Å². The molecule has 0 aliphatic rings. The van der Waals surface area contributed by atoms with E-state index in [0.717, 1.165) is 4.57 Å².